The Kier molecular flexibility index (Phi) is 4.00. The summed E-state index contributed by atoms with van der Waals surface area (Å²) >= 11 is 0. The predicted molar refractivity (Wildman–Crippen MR) is 80.2 cm³/mol. The number of rotatable bonds is 4. The van der Waals surface area contributed by atoms with E-state index in [1.54, 1.807) is 6.33 Å². The monoisotopic (exact) mass is 256 g/mol. The lowest BCUT2D eigenvalue weighted by Gasteiger charge is -2.21. The number of aromatic nitrogens is 2. The molecular weight excluding hydrogens is 236 g/mol. The highest BCUT2D eigenvalue weighted by Crippen LogP contribution is 2.27. The molecule has 2 rings (SSSR count). The lowest BCUT2D eigenvalue weighted by molar-refractivity contribution is 1.05. The molecular formula is C15H20N4. The Labute approximate surface area is 114 Å². The summed E-state index contributed by atoms with van der Waals surface area (Å²) in [6, 6.07) is 8.56. The minimum absolute atomic E-state index is 0.863. The van der Waals surface area contributed by atoms with E-state index in [4.69, 9.17) is 0 Å². The molecule has 100 valence electrons. The summed E-state index contributed by atoms with van der Waals surface area (Å²) in [7, 11) is 3.89. The van der Waals surface area contributed by atoms with Gasteiger partial charge in [0.25, 0.3) is 0 Å². The fourth-order valence-electron chi connectivity index (χ4n) is 2.11. The van der Waals surface area contributed by atoms with Crippen molar-refractivity contribution in [3.63, 3.8) is 0 Å². The van der Waals surface area contributed by atoms with Crippen molar-refractivity contribution in [3.05, 3.63) is 41.7 Å². The molecule has 0 atom stereocenters. The highest BCUT2D eigenvalue weighted by molar-refractivity contribution is 5.66. The van der Waals surface area contributed by atoms with Crippen LogP contribution in [0.1, 0.15) is 18.1 Å². The molecule has 0 aliphatic heterocycles. The molecule has 0 saturated carbocycles. The van der Waals surface area contributed by atoms with E-state index in [1.165, 1.54) is 5.56 Å². The fraction of sp³-hybridized carbons (Fsp3) is 0.333. The summed E-state index contributed by atoms with van der Waals surface area (Å²) < 4.78 is 0. The molecule has 4 nitrogen and oxygen atoms in total. The molecule has 0 bridgehead atoms. The Morgan fingerprint density at radius 3 is 2.42 bits per heavy atom. The lowest BCUT2D eigenvalue weighted by atomic mass is 10.1. The number of anilines is 3. The number of hydrogen-bond acceptors (Lipinski definition) is 4. The van der Waals surface area contributed by atoms with E-state index < -0.39 is 0 Å². The highest BCUT2D eigenvalue weighted by atomic mass is 15.2. The van der Waals surface area contributed by atoms with Gasteiger partial charge in [0.2, 0.25) is 0 Å². The van der Waals surface area contributed by atoms with Crippen molar-refractivity contribution in [1.29, 1.82) is 0 Å². The molecule has 1 N–H and O–H groups in total. The van der Waals surface area contributed by atoms with E-state index in [0.717, 1.165) is 29.3 Å². The van der Waals surface area contributed by atoms with Crippen LogP contribution in [0.5, 0.6) is 0 Å². The summed E-state index contributed by atoms with van der Waals surface area (Å²) in [6.45, 7) is 4.19. The minimum Gasteiger partial charge on any atom is -0.373 e. The maximum Gasteiger partial charge on any atom is 0.141 e. The van der Waals surface area contributed by atoms with E-state index in [2.05, 4.69) is 51.4 Å². The van der Waals surface area contributed by atoms with Crippen molar-refractivity contribution < 1.29 is 0 Å². The van der Waals surface area contributed by atoms with Crippen LogP contribution in [0.3, 0.4) is 0 Å². The molecule has 0 radical (unpaired) electrons. The maximum atomic E-state index is 4.38. The molecule has 1 aromatic carbocycles. The fourth-order valence-corrected chi connectivity index (χ4v) is 2.11. The number of nitrogens with zero attached hydrogens (tertiary/aromatic N) is 3. The second-order valence-electron chi connectivity index (χ2n) is 4.50. The quantitative estimate of drug-likeness (QED) is 0.912. The van der Waals surface area contributed by atoms with E-state index in [0.29, 0.717) is 0 Å². The number of aryl methyl sites for hydroxylation is 1. The summed E-state index contributed by atoms with van der Waals surface area (Å²) in [5, 5.41) is 3.08. The largest absolute Gasteiger partial charge is 0.373 e. The molecule has 0 spiro atoms. The molecule has 0 saturated heterocycles. The van der Waals surface area contributed by atoms with Crippen molar-refractivity contribution in [2.45, 2.75) is 20.3 Å². The minimum atomic E-state index is 0.863. The van der Waals surface area contributed by atoms with Crippen molar-refractivity contribution in [2.75, 3.05) is 24.3 Å². The Morgan fingerprint density at radius 1 is 1.16 bits per heavy atom. The van der Waals surface area contributed by atoms with E-state index in [9.17, 15) is 0 Å². The first kappa shape index (κ1) is 13.3. The summed E-state index contributed by atoms with van der Waals surface area (Å²) in [5.74, 6) is 1.78. The van der Waals surface area contributed by atoms with E-state index in [-0.39, 0.29) is 0 Å². The summed E-state index contributed by atoms with van der Waals surface area (Å²) in [4.78, 5) is 10.7. The number of benzene rings is 1. The van der Waals surface area contributed by atoms with Crippen LogP contribution in [0.25, 0.3) is 0 Å². The normalized spacial score (nSPS) is 10.3. The lowest BCUT2D eigenvalue weighted by Crippen LogP contribution is -2.14. The topological polar surface area (TPSA) is 41.1 Å². The Bertz CT molecular complexity index is 549. The first-order valence-electron chi connectivity index (χ1n) is 6.49. The third-order valence-corrected chi connectivity index (χ3v) is 3.34. The van der Waals surface area contributed by atoms with Gasteiger partial charge in [0.05, 0.1) is 0 Å². The maximum absolute atomic E-state index is 4.38. The average molecular weight is 256 g/mol. The Balaban J connectivity index is 2.35. The summed E-state index contributed by atoms with van der Waals surface area (Å²) in [5.41, 5.74) is 3.51. The van der Waals surface area contributed by atoms with Gasteiger partial charge in [-0.05, 0) is 31.0 Å². The molecule has 0 amide bonds. The smallest absolute Gasteiger partial charge is 0.141 e. The van der Waals surface area contributed by atoms with Gasteiger partial charge in [0.1, 0.15) is 18.0 Å². The predicted octanol–water partition coefficient (Wildman–Crippen LogP) is 3.16. The van der Waals surface area contributed by atoms with Gasteiger partial charge in [-0.1, -0.05) is 19.1 Å². The van der Waals surface area contributed by atoms with Gasteiger partial charge in [-0.2, -0.15) is 0 Å². The van der Waals surface area contributed by atoms with Gasteiger partial charge in [-0.3, -0.25) is 0 Å². The molecule has 0 aliphatic carbocycles. The Morgan fingerprint density at radius 2 is 1.84 bits per heavy atom. The Hall–Kier alpha value is -2.10. The number of nitrogens with one attached hydrogen (secondary N) is 1. The zero-order chi connectivity index (χ0) is 13.8. The average Bonchev–Trinajstić information content (AvgIpc) is 2.47. The van der Waals surface area contributed by atoms with Crippen molar-refractivity contribution in [1.82, 2.24) is 9.97 Å². The van der Waals surface area contributed by atoms with Gasteiger partial charge in [0, 0.05) is 25.3 Å². The molecule has 1 aromatic heterocycles. The zero-order valence-electron chi connectivity index (χ0n) is 11.9. The first-order valence-corrected chi connectivity index (χ1v) is 6.49. The molecule has 19 heavy (non-hydrogen) atoms. The third kappa shape index (κ3) is 2.67. The van der Waals surface area contributed by atoms with Gasteiger partial charge >= 0.3 is 0 Å². The van der Waals surface area contributed by atoms with Crippen LogP contribution in [0.4, 0.5) is 17.3 Å². The van der Waals surface area contributed by atoms with Crippen molar-refractivity contribution in [3.8, 4) is 0 Å². The molecule has 4 heteroatoms. The second-order valence-corrected chi connectivity index (χ2v) is 4.50. The van der Waals surface area contributed by atoms with Crippen molar-refractivity contribution >= 4 is 17.3 Å². The van der Waals surface area contributed by atoms with E-state index in [1.807, 2.05) is 21.0 Å². The van der Waals surface area contributed by atoms with Crippen LogP contribution in [0, 0.1) is 6.92 Å². The van der Waals surface area contributed by atoms with Gasteiger partial charge in [-0.25, -0.2) is 9.97 Å². The van der Waals surface area contributed by atoms with Crippen LogP contribution >= 0.6 is 0 Å². The van der Waals surface area contributed by atoms with Crippen LogP contribution in [-0.4, -0.2) is 24.1 Å². The molecule has 0 fully saturated rings. The second kappa shape index (κ2) is 5.69. The van der Waals surface area contributed by atoms with Crippen LogP contribution < -0.4 is 10.2 Å². The van der Waals surface area contributed by atoms with Gasteiger partial charge < -0.3 is 10.2 Å². The molecule has 2 aromatic rings. The molecule has 0 unspecified atom stereocenters. The number of hydrogen-bond donors (Lipinski definition) is 1. The first-order chi connectivity index (χ1) is 9.17. The third-order valence-electron chi connectivity index (χ3n) is 3.34. The van der Waals surface area contributed by atoms with Crippen LogP contribution in [-0.2, 0) is 6.42 Å². The van der Waals surface area contributed by atoms with Gasteiger partial charge in [-0.15, -0.1) is 0 Å². The summed E-state index contributed by atoms with van der Waals surface area (Å²) in [6.07, 6.45) is 2.64. The standard InChI is InChI=1S/C15H20N4/c1-5-12-6-8-13(9-7-12)19(4)15-11(2)14(16-3)17-10-18-15/h6-10H,5H2,1-4H3,(H,16,17,18). The highest BCUT2D eigenvalue weighted by Gasteiger charge is 2.11. The molecule has 1 heterocycles. The molecule has 0 aliphatic rings. The van der Waals surface area contributed by atoms with E-state index >= 15 is 0 Å². The van der Waals surface area contributed by atoms with Crippen LogP contribution in [0.15, 0.2) is 30.6 Å². The SMILES string of the molecule is CCc1ccc(N(C)c2ncnc(NC)c2C)cc1. The zero-order valence-corrected chi connectivity index (χ0v) is 11.9. The van der Waals surface area contributed by atoms with Gasteiger partial charge in [0.15, 0.2) is 0 Å². The van der Waals surface area contributed by atoms with Crippen molar-refractivity contribution in [2.24, 2.45) is 0 Å². The van der Waals surface area contributed by atoms with Crippen LogP contribution in [0.2, 0.25) is 0 Å².